The van der Waals surface area contributed by atoms with Gasteiger partial charge >= 0.3 is 0 Å². The zero-order valence-corrected chi connectivity index (χ0v) is 27.0. The second-order valence-corrected chi connectivity index (χ2v) is 13.2. The third kappa shape index (κ3) is 3.96. The van der Waals surface area contributed by atoms with Crippen molar-refractivity contribution in [1.82, 2.24) is 0 Å². The summed E-state index contributed by atoms with van der Waals surface area (Å²) >= 11 is 0. The van der Waals surface area contributed by atoms with E-state index in [4.69, 9.17) is 8.83 Å². The van der Waals surface area contributed by atoms with Crippen LogP contribution in [0.1, 0.15) is 0 Å². The molecule has 0 fully saturated rings. The summed E-state index contributed by atoms with van der Waals surface area (Å²) in [6.07, 6.45) is 0. The van der Waals surface area contributed by atoms with Crippen molar-refractivity contribution >= 4 is 76.2 Å². The molecule has 9 aromatic carbocycles. The van der Waals surface area contributed by atoms with Crippen LogP contribution in [0.15, 0.2) is 179 Å². The summed E-state index contributed by atoms with van der Waals surface area (Å²) in [4.78, 5) is 0. The third-order valence-electron chi connectivity index (χ3n) is 10.5. The number of hydrogen-bond donors (Lipinski definition) is 0. The molecular formula is C48H28O2. The topological polar surface area (TPSA) is 26.3 Å². The first-order valence-electron chi connectivity index (χ1n) is 17.1. The van der Waals surface area contributed by atoms with Crippen LogP contribution in [-0.4, -0.2) is 0 Å². The zero-order chi connectivity index (χ0) is 32.8. The molecule has 0 N–H and O–H groups in total. The molecule has 0 bridgehead atoms. The zero-order valence-electron chi connectivity index (χ0n) is 27.0. The number of para-hydroxylation sites is 2. The molecule has 50 heavy (non-hydrogen) atoms. The molecule has 0 unspecified atom stereocenters. The second-order valence-electron chi connectivity index (χ2n) is 13.2. The van der Waals surface area contributed by atoms with E-state index in [1.807, 2.05) is 24.3 Å². The van der Waals surface area contributed by atoms with Crippen LogP contribution in [0.25, 0.3) is 110 Å². The normalized spacial score (nSPS) is 12.0. The van der Waals surface area contributed by atoms with E-state index < -0.39 is 0 Å². The predicted molar refractivity (Wildman–Crippen MR) is 210 cm³/mol. The van der Waals surface area contributed by atoms with Crippen LogP contribution in [-0.2, 0) is 0 Å². The first-order chi connectivity index (χ1) is 24.8. The Balaban J connectivity index is 1.25. The van der Waals surface area contributed by atoms with Gasteiger partial charge in [-0.25, -0.2) is 0 Å². The maximum Gasteiger partial charge on any atom is 0.135 e. The van der Waals surface area contributed by atoms with E-state index in [1.54, 1.807) is 0 Å². The van der Waals surface area contributed by atoms with Gasteiger partial charge in [-0.1, -0.05) is 127 Å². The Hall–Kier alpha value is -6.64. The highest BCUT2D eigenvalue weighted by atomic mass is 16.3. The quantitative estimate of drug-likeness (QED) is 0.180. The van der Waals surface area contributed by atoms with E-state index in [2.05, 4.69) is 146 Å². The van der Waals surface area contributed by atoms with Gasteiger partial charge in [0, 0.05) is 21.5 Å². The lowest BCUT2D eigenvalue weighted by Gasteiger charge is -2.18. The SMILES string of the molecule is c1ccc2c(-c3c4cccc(-c5ccc6oc7ccccc7c6c5)c4cc4c(-c5ccc6oc7ccccc7c6c5)cccc34)cccc2c1. The number of fused-ring (bicyclic) bond motifs is 9. The summed E-state index contributed by atoms with van der Waals surface area (Å²) in [6.45, 7) is 0. The number of furan rings is 2. The molecule has 11 aromatic rings. The van der Waals surface area contributed by atoms with Gasteiger partial charge in [-0.2, -0.15) is 0 Å². The van der Waals surface area contributed by atoms with Crippen molar-refractivity contribution in [2.45, 2.75) is 0 Å². The highest BCUT2D eigenvalue weighted by Gasteiger charge is 2.19. The van der Waals surface area contributed by atoms with Crippen LogP contribution in [0.3, 0.4) is 0 Å². The second kappa shape index (κ2) is 10.4. The molecule has 2 nitrogen and oxygen atoms in total. The average molecular weight is 637 g/mol. The van der Waals surface area contributed by atoms with Gasteiger partial charge in [-0.15, -0.1) is 0 Å². The van der Waals surface area contributed by atoms with Crippen molar-refractivity contribution in [2.75, 3.05) is 0 Å². The fourth-order valence-corrected chi connectivity index (χ4v) is 8.19. The Bertz CT molecular complexity index is 2980. The van der Waals surface area contributed by atoms with Gasteiger partial charge in [0.15, 0.2) is 0 Å². The van der Waals surface area contributed by atoms with Crippen LogP contribution in [0.5, 0.6) is 0 Å². The molecule has 232 valence electrons. The molecule has 2 aromatic heterocycles. The van der Waals surface area contributed by atoms with Gasteiger partial charge < -0.3 is 8.83 Å². The Labute approximate surface area is 287 Å². The van der Waals surface area contributed by atoms with Crippen molar-refractivity contribution in [3.8, 4) is 33.4 Å². The van der Waals surface area contributed by atoms with Crippen molar-refractivity contribution in [3.63, 3.8) is 0 Å². The minimum absolute atomic E-state index is 0.904. The van der Waals surface area contributed by atoms with E-state index in [-0.39, 0.29) is 0 Å². The first kappa shape index (κ1) is 27.3. The predicted octanol–water partition coefficient (Wildman–Crippen LogP) is 13.9. The monoisotopic (exact) mass is 636 g/mol. The van der Waals surface area contributed by atoms with Gasteiger partial charge in [0.2, 0.25) is 0 Å². The average Bonchev–Trinajstić information content (AvgIpc) is 3.74. The molecule has 0 aliphatic rings. The number of benzene rings is 9. The highest BCUT2D eigenvalue weighted by molar-refractivity contribution is 6.22. The lowest BCUT2D eigenvalue weighted by Crippen LogP contribution is -1.91. The largest absolute Gasteiger partial charge is 0.456 e. The van der Waals surface area contributed by atoms with E-state index >= 15 is 0 Å². The molecule has 0 aliphatic heterocycles. The van der Waals surface area contributed by atoms with Gasteiger partial charge in [0.25, 0.3) is 0 Å². The molecule has 0 saturated carbocycles. The van der Waals surface area contributed by atoms with Crippen molar-refractivity contribution in [2.24, 2.45) is 0 Å². The molecule has 0 aliphatic carbocycles. The van der Waals surface area contributed by atoms with Crippen molar-refractivity contribution < 1.29 is 8.83 Å². The van der Waals surface area contributed by atoms with E-state index in [0.717, 1.165) is 43.9 Å². The van der Waals surface area contributed by atoms with Crippen LogP contribution in [0.4, 0.5) is 0 Å². The molecule has 0 radical (unpaired) electrons. The summed E-state index contributed by atoms with van der Waals surface area (Å²) in [5.74, 6) is 0. The van der Waals surface area contributed by atoms with Crippen molar-refractivity contribution in [1.29, 1.82) is 0 Å². The maximum atomic E-state index is 6.22. The summed E-state index contributed by atoms with van der Waals surface area (Å²) in [6, 6.07) is 61.1. The molecule has 11 rings (SSSR count). The molecule has 0 spiro atoms. The summed E-state index contributed by atoms with van der Waals surface area (Å²) in [5.41, 5.74) is 10.9. The lowest BCUT2D eigenvalue weighted by atomic mass is 9.85. The minimum Gasteiger partial charge on any atom is -0.456 e. The summed E-state index contributed by atoms with van der Waals surface area (Å²) < 4.78 is 12.4. The number of rotatable bonds is 3. The molecular weight excluding hydrogens is 609 g/mol. The van der Waals surface area contributed by atoms with Crippen LogP contribution >= 0.6 is 0 Å². The Morgan fingerprint density at radius 2 is 0.700 bits per heavy atom. The smallest absolute Gasteiger partial charge is 0.135 e. The summed E-state index contributed by atoms with van der Waals surface area (Å²) in [5, 5.41) is 11.9. The Morgan fingerprint density at radius 3 is 1.30 bits per heavy atom. The molecule has 0 atom stereocenters. The molecule has 2 heteroatoms. The highest BCUT2D eigenvalue weighted by Crippen LogP contribution is 2.46. The van der Waals surface area contributed by atoms with E-state index in [0.29, 0.717) is 0 Å². The third-order valence-corrected chi connectivity index (χ3v) is 10.5. The van der Waals surface area contributed by atoms with Gasteiger partial charge in [0.05, 0.1) is 0 Å². The molecule has 0 amide bonds. The van der Waals surface area contributed by atoms with Crippen LogP contribution in [0.2, 0.25) is 0 Å². The standard InChI is InChI=1S/C48H28O2/c1-2-12-32-29(10-1)11-7-17-37(32)48-38-18-8-15-33(30-22-24-46-42(26-30)35-13-3-5-20-44(35)49-46)40(38)28-41-34(16-9-19-39(41)48)31-23-25-47-43(27-31)36-14-4-6-21-45(36)50-47/h1-28H. The minimum atomic E-state index is 0.904. The van der Waals surface area contributed by atoms with E-state index in [9.17, 15) is 0 Å². The summed E-state index contributed by atoms with van der Waals surface area (Å²) in [7, 11) is 0. The van der Waals surface area contributed by atoms with E-state index in [1.165, 1.54) is 65.7 Å². The number of hydrogen-bond acceptors (Lipinski definition) is 2. The van der Waals surface area contributed by atoms with Crippen LogP contribution < -0.4 is 0 Å². The molecule has 0 saturated heterocycles. The van der Waals surface area contributed by atoms with Crippen molar-refractivity contribution in [3.05, 3.63) is 170 Å². The fraction of sp³-hybridized carbons (Fsp3) is 0. The Kier molecular flexibility index (Phi) is 5.70. The van der Waals surface area contributed by atoms with Crippen LogP contribution in [0, 0.1) is 0 Å². The molecule has 2 heterocycles. The fourth-order valence-electron chi connectivity index (χ4n) is 8.19. The lowest BCUT2D eigenvalue weighted by molar-refractivity contribution is 0.668. The van der Waals surface area contributed by atoms with Gasteiger partial charge in [0.1, 0.15) is 22.3 Å². The maximum absolute atomic E-state index is 6.22. The first-order valence-corrected chi connectivity index (χ1v) is 17.1. The van der Waals surface area contributed by atoms with Gasteiger partial charge in [-0.3, -0.25) is 0 Å². The Morgan fingerprint density at radius 1 is 0.260 bits per heavy atom. The van der Waals surface area contributed by atoms with Gasteiger partial charge in [-0.05, 0) is 108 Å².